The molecule has 3 nitrogen and oxygen atoms in total. The largest absolute Gasteiger partial charge is 0.259 e. The van der Waals surface area contributed by atoms with E-state index >= 15 is 0 Å². The van der Waals surface area contributed by atoms with E-state index in [2.05, 4.69) is 16.1 Å². The van der Waals surface area contributed by atoms with Gasteiger partial charge in [-0.3, -0.25) is 5.43 Å². The standard InChI is InChI=1S/C7H6N3/c1-2-4-7-6(3-1)5-8-10-9-7/h1-5,9H. The first-order valence-electron chi connectivity index (χ1n) is 3.05. The van der Waals surface area contributed by atoms with E-state index in [-0.39, 0.29) is 0 Å². The maximum Gasteiger partial charge on any atom is 0.0667 e. The summed E-state index contributed by atoms with van der Waals surface area (Å²) in [5.74, 6) is 0. The summed E-state index contributed by atoms with van der Waals surface area (Å²) in [5, 5.41) is 3.71. The van der Waals surface area contributed by atoms with Gasteiger partial charge in [0.2, 0.25) is 0 Å². The van der Waals surface area contributed by atoms with Gasteiger partial charge in [-0.15, -0.1) is 5.10 Å². The number of hydrogen-bond acceptors (Lipinski definition) is 2. The molecule has 0 atom stereocenters. The quantitative estimate of drug-likeness (QED) is 0.561. The van der Waals surface area contributed by atoms with Crippen LogP contribution in [0.15, 0.2) is 29.4 Å². The van der Waals surface area contributed by atoms with Gasteiger partial charge in [-0.1, -0.05) is 23.7 Å². The van der Waals surface area contributed by atoms with E-state index in [0.29, 0.717) is 0 Å². The van der Waals surface area contributed by atoms with Crippen LogP contribution in [0.5, 0.6) is 0 Å². The molecule has 1 aromatic carbocycles. The predicted octanol–water partition coefficient (Wildman–Crippen LogP) is 0.965. The second-order valence-electron chi connectivity index (χ2n) is 2.04. The minimum atomic E-state index is 1.01. The van der Waals surface area contributed by atoms with Gasteiger partial charge in [-0.25, -0.2) is 0 Å². The van der Waals surface area contributed by atoms with Gasteiger partial charge in [0.25, 0.3) is 0 Å². The lowest BCUT2D eigenvalue weighted by molar-refractivity contribution is 0.852. The van der Waals surface area contributed by atoms with Gasteiger partial charge in [0, 0.05) is 5.56 Å². The summed E-state index contributed by atoms with van der Waals surface area (Å²) in [5.41, 5.74) is 8.52. The summed E-state index contributed by atoms with van der Waals surface area (Å²) in [6.07, 6.45) is 1.73. The molecule has 10 heavy (non-hydrogen) atoms. The van der Waals surface area contributed by atoms with Crippen molar-refractivity contribution in [2.24, 2.45) is 5.10 Å². The van der Waals surface area contributed by atoms with Crippen LogP contribution in [-0.4, -0.2) is 6.21 Å². The monoisotopic (exact) mass is 132 g/mol. The summed E-state index contributed by atoms with van der Waals surface area (Å²) in [6.45, 7) is 0. The zero-order valence-corrected chi connectivity index (χ0v) is 5.28. The molecular formula is C7H6N3. The molecule has 1 aliphatic heterocycles. The van der Waals surface area contributed by atoms with Crippen LogP contribution >= 0.6 is 0 Å². The number of nitrogens with one attached hydrogen (secondary N) is 1. The highest BCUT2D eigenvalue weighted by Crippen LogP contribution is 2.13. The lowest BCUT2D eigenvalue weighted by Gasteiger charge is -2.08. The normalized spacial score (nSPS) is 13.2. The number of benzene rings is 1. The van der Waals surface area contributed by atoms with Gasteiger partial charge < -0.3 is 0 Å². The number of para-hydroxylation sites is 1. The fraction of sp³-hybridized carbons (Fsp3) is 0. The highest BCUT2D eigenvalue weighted by molar-refractivity contribution is 5.88. The average Bonchev–Trinajstić information content (AvgIpc) is 2.05. The molecule has 0 unspecified atom stereocenters. The van der Waals surface area contributed by atoms with Crippen molar-refractivity contribution >= 4 is 11.9 Å². The molecular weight excluding hydrogens is 126 g/mol. The summed E-state index contributed by atoms with van der Waals surface area (Å²) < 4.78 is 0. The van der Waals surface area contributed by atoms with Crippen LogP contribution < -0.4 is 11.0 Å². The fourth-order valence-electron chi connectivity index (χ4n) is 0.885. The molecule has 3 heteroatoms. The van der Waals surface area contributed by atoms with E-state index in [1.165, 1.54) is 0 Å². The Morgan fingerprint density at radius 2 is 2.10 bits per heavy atom. The van der Waals surface area contributed by atoms with Crippen LogP contribution in [0, 0.1) is 0 Å². The SMILES string of the molecule is C1=N[N]Nc2ccccc21. The summed E-state index contributed by atoms with van der Waals surface area (Å²) in [6, 6.07) is 7.88. The first kappa shape index (κ1) is 5.29. The van der Waals surface area contributed by atoms with Gasteiger partial charge in [-0.2, -0.15) is 0 Å². The highest BCUT2D eigenvalue weighted by Gasteiger charge is 2.01. The molecule has 0 amide bonds. The van der Waals surface area contributed by atoms with E-state index in [4.69, 9.17) is 0 Å². The van der Waals surface area contributed by atoms with Crippen molar-refractivity contribution in [3.05, 3.63) is 29.8 Å². The first-order valence-corrected chi connectivity index (χ1v) is 3.05. The number of hydrogen-bond donors (Lipinski definition) is 1. The van der Waals surface area contributed by atoms with Crippen LogP contribution in [-0.2, 0) is 0 Å². The number of anilines is 1. The second kappa shape index (κ2) is 2.02. The van der Waals surface area contributed by atoms with E-state index in [1.807, 2.05) is 24.3 Å². The molecule has 0 aromatic heterocycles. The molecule has 0 fully saturated rings. The number of nitrogens with zero attached hydrogens (tertiary/aromatic N) is 2. The molecule has 0 saturated carbocycles. The van der Waals surface area contributed by atoms with Crippen LogP contribution in [0.2, 0.25) is 0 Å². The minimum absolute atomic E-state index is 1.01. The van der Waals surface area contributed by atoms with E-state index in [9.17, 15) is 0 Å². The van der Waals surface area contributed by atoms with E-state index < -0.39 is 0 Å². The second-order valence-corrected chi connectivity index (χ2v) is 2.04. The first-order chi connectivity index (χ1) is 4.97. The van der Waals surface area contributed by atoms with Crippen molar-refractivity contribution in [2.75, 3.05) is 5.43 Å². The van der Waals surface area contributed by atoms with Gasteiger partial charge in [-0.05, 0) is 6.07 Å². The third-order valence-electron chi connectivity index (χ3n) is 1.39. The summed E-state index contributed by atoms with van der Waals surface area (Å²) in [4.78, 5) is 0. The Labute approximate surface area is 58.7 Å². The van der Waals surface area contributed by atoms with Crippen LogP contribution in [0.3, 0.4) is 0 Å². The molecule has 49 valence electrons. The number of fused-ring (bicyclic) bond motifs is 1. The van der Waals surface area contributed by atoms with Crippen molar-refractivity contribution in [1.29, 1.82) is 0 Å². The third-order valence-corrected chi connectivity index (χ3v) is 1.39. The van der Waals surface area contributed by atoms with Gasteiger partial charge in [0.15, 0.2) is 0 Å². The maximum atomic E-state index is 3.71. The zero-order chi connectivity index (χ0) is 6.81. The molecule has 1 N–H and O–H groups in total. The Morgan fingerprint density at radius 3 is 3.00 bits per heavy atom. The number of rotatable bonds is 0. The lowest BCUT2D eigenvalue weighted by Crippen LogP contribution is -2.13. The van der Waals surface area contributed by atoms with Crippen molar-refractivity contribution in [3.63, 3.8) is 0 Å². The van der Waals surface area contributed by atoms with E-state index in [0.717, 1.165) is 11.3 Å². The minimum Gasteiger partial charge on any atom is -0.259 e. The van der Waals surface area contributed by atoms with Gasteiger partial charge in [0.1, 0.15) is 0 Å². The Hall–Kier alpha value is -1.51. The van der Waals surface area contributed by atoms with Crippen molar-refractivity contribution in [2.45, 2.75) is 0 Å². The predicted molar refractivity (Wildman–Crippen MR) is 39.8 cm³/mol. The Balaban J connectivity index is 2.54. The molecule has 2 rings (SSSR count). The molecule has 1 aromatic rings. The van der Waals surface area contributed by atoms with Crippen molar-refractivity contribution < 1.29 is 0 Å². The van der Waals surface area contributed by atoms with E-state index in [1.54, 1.807) is 6.21 Å². The Morgan fingerprint density at radius 1 is 1.20 bits per heavy atom. The topological polar surface area (TPSA) is 38.5 Å². The van der Waals surface area contributed by atoms with Crippen molar-refractivity contribution in [3.8, 4) is 0 Å². The fourth-order valence-corrected chi connectivity index (χ4v) is 0.885. The third kappa shape index (κ3) is 0.719. The van der Waals surface area contributed by atoms with Crippen molar-refractivity contribution in [1.82, 2.24) is 5.53 Å². The molecule has 0 spiro atoms. The Bertz CT molecular complexity index is 267. The summed E-state index contributed by atoms with van der Waals surface area (Å²) in [7, 11) is 0. The molecule has 1 heterocycles. The molecule has 0 aliphatic carbocycles. The van der Waals surface area contributed by atoms with Gasteiger partial charge >= 0.3 is 0 Å². The maximum absolute atomic E-state index is 3.71. The zero-order valence-electron chi connectivity index (χ0n) is 5.28. The molecule has 1 radical (unpaired) electrons. The average molecular weight is 132 g/mol. The molecule has 0 saturated heterocycles. The Kier molecular flexibility index (Phi) is 1.07. The molecule has 0 bridgehead atoms. The van der Waals surface area contributed by atoms with Crippen LogP contribution in [0.25, 0.3) is 0 Å². The summed E-state index contributed by atoms with van der Waals surface area (Å²) >= 11 is 0. The van der Waals surface area contributed by atoms with Crippen LogP contribution in [0.4, 0.5) is 5.69 Å². The lowest BCUT2D eigenvalue weighted by atomic mass is 10.2. The molecule has 1 aliphatic rings. The highest BCUT2D eigenvalue weighted by atomic mass is 15.6. The van der Waals surface area contributed by atoms with Gasteiger partial charge in [0.05, 0.1) is 11.9 Å². The van der Waals surface area contributed by atoms with Crippen LogP contribution in [0.1, 0.15) is 5.56 Å². The smallest absolute Gasteiger partial charge is 0.0667 e.